The lowest BCUT2D eigenvalue weighted by atomic mass is 10.2. The summed E-state index contributed by atoms with van der Waals surface area (Å²) in [5, 5.41) is 6.29. The van der Waals surface area contributed by atoms with Crippen LogP contribution in [0.2, 0.25) is 0 Å². The van der Waals surface area contributed by atoms with E-state index in [1.807, 2.05) is 19.1 Å². The van der Waals surface area contributed by atoms with E-state index in [9.17, 15) is 4.79 Å². The van der Waals surface area contributed by atoms with Crippen molar-refractivity contribution in [2.45, 2.75) is 38.8 Å². The second-order valence-corrected chi connectivity index (χ2v) is 4.25. The monoisotopic (exact) mass is 218 g/mol. The summed E-state index contributed by atoms with van der Waals surface area (Å²) in [6.45, 7) is 2.77. The molecule has 1 fully saturated rings. The van der Waals surface area contributed by atoms with Gasteiger partial charge in [-0.25, -0.2) is 0 Å². The summed E-state index contributed by atoms with van der Waals surface area (Å²) in [6, 6.07) is 8.76. The lowest BCUT2D eigenvalue weighted by Crippen LogP contribution is -2.15. The molecule has 1 saturated carbocycles. The number of nitrogens with one attached hydrogen (secondary N) is 2. The molecule has 0 bridgehead atoms. The third kappa shape index (κ3) is 3.35. The number of carbonyl (C=O) groups is 1. The summed E-state index contributed by atoms with van der Waals surface area (Å²) in [5.74, 6) is 0.0591. The summed E-state index contributed by atoms with van der Waals surface area (Å²) < 4.78 is 0. The van der Waals surface area contributed by atoms with Crippen LogP contribution in [0.4, 0.5) is 5.69 Å². The Labute approximate surface area is 96.2 Å². The van der Waals surface area contributed by atoms with Crippen LogP contribution in [-0.4, -0.2) is 11.9 Å². The van der Waals surface area contributed by atoms with Crippen molar-refractivity contribution in [3.63, 3.8) is 0 Å². The van der Waals surface area contributed by atoms with Gasteiger partial charge in [-0.3, -0.25) is 4.79 Å². The van der Waals surface area contributed by atoms with E-state index in [1.54, 1.807) is 0 Å². The summed E-state index contributed by atoms with van der Waals surface area (Å²) in [4.78, 5) is 11.2. The van der Waals surface area contributed by atoms with E-state index in [2.05, 4.69) is 22.8 Å². The maximum Gasteiger partial charge on any atom is 0.224 e. The molecule has 2 rings (SSSR count). The highest BCUT2D eigenvalue weighted by molar-refractivity contribution is 5.90. The quantitative estimate of drug-likeness (QED) is 0.796. The van der Waals surface area contributed by atoms with Crippen molar-refractivity contribution in [2.75, 3.05) is 5.32 Å². The summed E-state index contributed by atoms with van der Waals surface area (Å²) >= 11 is 0. The van der Waals surface area contributed by atoms with E-state index in [0.29, 0.717) is 6.42 Å². The molecule has 0 heterocycles. The van der Waals surface area contributed by atoms with Gasteiger partial charge >= 0.3 is 0 Å². The van der Waals surface area contributed by atoms with Gasteiger partial charge < -0.3 is 10.6 Å². The first-order valence-corrected chi connectivity index (χ1v) is 5.90. The van der Waals surface area contributed by atoms with Crippen LogP contribution in [-0.2, 0) is 11.3 Å². The summed E-state index contributed by atoms with van der Waals surface area (Å²) in [7, 11) is 0. The average molecular weight is 218 g/mol. The fraction of sp³-hybridized carbons (Fsp3) is 0.462. The largest absolute Gasteiger partial charge is 0.326 e. The van der Waals surface area contributed by atoms with Crippen molar-refractivity contribution in [1.29, 1.82) is 0 Å². The van der Waals surface area contributed by atoms with Gasteiger partial charge in [0.05, 0.1) is 0 Å². The second kappa shape index (κ2) is 5.12. The molecule has 0 saturated heterocycles. The van der Waals surface area contributed by atoms with Gasteiger partial charge in [0.2, 0.25) is 5.91 Å². The molecule has 16 heavy (non-hydrogen) atoms. The van der Waals surface area contributed by atoms with E-state index in [-0.39, 0.29) is 5.91 Å². The van der Waals surface area contributed by atoms with E-state index < -0.39 is 0 Å². The molecule has 0 radical (unpaired) electrons. The maximum atomic E-state index is 11.2. The zero-order valence-electron chi connectivity index (χ0n) is 9.62. The highest BCUT2D eigenvalue weighted by atomic mass is 16.1. The average Bonchev–Trinajstić information content (AvgIpc) is 3.12. The Bertz CT molecular complexity index is 355. The second-order valence-electron chi connectivity index (χ2n) is 4.25. The summed E-state index contributed by atoms with van der Waals surface area (Å²) in [6.07, 6.45) is 3.14. The number of rotatable bonds is 5. The van der Waals surface area contributed by atoms with Crippen LogP contribution in [0.25, 0.3) is 0 Å². The van der Waals surface area contributed by atoms with Crippen LogP contribution >= 0.6 is 0 Å². The predicted octanol–water partition coefficient (Wildman–Crippen LogP) is 2.29. The molecule has 1 aliphatic carbocycles. The van der Waals surface area contributed by atoms with Gasteiger partial charge in [-0.15, -0.1) is 0 Å². The van der Waals surface area contributed by atoms with E-state index >= 15 is 0 Å². The molecule has 0 atom stereocenters. The van der Waals surface area contributed by atoms with Crippen molar-refractivity contribution in [1.82, 2.24) is 5.32 Å². The first-order valence-electron chi connectivity index (χ1n) is 5.90. The van der Waals surface area contributed by atoms with Crippen molar-refractivity contribution < 1.29 is 4.79 Å². The number of hydrogen-bond donors (Lipinski definition) is 2. The van der Waals surface area contributed by atoms with E-state index in [0.717, 1.165) is 18.3 Å². The standard InChI is InChI=1S/C13H18N2O/c1-2-13(16)15-12-5-3-10(4-6-12)9-14-11-7-8-11/h3-6,11,14H,2,7-9H2,1H3,(H,15,16). The fourth-order valence-electron chi connectivity index (χ4n) is 1.50. The van der Waals surface area contributed by atoms with E-state index in [1.165, 1.54) is 18.4 Å². The van der Waals surface area contributed by atoms with Crippen molar-refractivity contribution in [3.05, 3.63) is 29.8 Å². The molecule has 1 aliphatic rings. The number of hydrogen-bond acceptors (Lipinski definition) is 2. The minimum atomic E-state index is 0.0591. The predicted molar refractivity (Wildman–Crippen MR) is 65.2 cm³/mol. The molecule has 1 aromatic rings. The van der Waals surface area contributed by atoms with Crippen molar-refractivity contribution >= 4 is 11.6 Å². The molecule has 2 N–H and O–H groups in total. The normalized spacial score (nSPS) is 14.8. The van der Waals surface area contributed by atoms with Gasteiger partial charge in [0, 0.05) is 24.7 Å². The van der Waals surface area contributed by atoms with Crippen LogP contribution in [0.5, 0.6) is 0 Å². The molecule has 1 amide bonds. The van der Waals surface area contributed by atoms with Crippen molar-refractivity contribution in [3.8, 4) is 0 Å². The van der Waals surface area contributed by atoms with Gasteiger partial charge in [-0.2, -0.15) is 0 Å². The van der Waals surface area contributed by atoms with Crippen LogP contribution in [0, 0.1) is 0 Å². The first kappa shape index (κ1) is 11.1. The molecule has 3 heteroatoms. The lowest BCUT2D eigenvalue weighted by molar-refractivity contribution is -0.115. The smallest absolute Gasteiger partial charge is 0.224 e. The van der Waals surface area contributed by atoms with Crippen LogP contribution < -0.4 is 10.6 Å². The Hall–Kier alpha value is -1.35. The van der Waals surface area contributed by atoms with E-state index in [4.69, 9.17) is 0 Å². The molecule has 1 aromatic carbocycles. The van der Waals surface area contributed by atoms with Crippen LogP contribution in [0.15, 0.2) is 24.3 Å². The maximum absolute atomic E-state index is 11.2. The SMILES string of the molecule is CCC(=O)Nc1ccc(CNC2CC2)cc1. The molecule has 3 nitrogen and oxygen atoms in total. The highest BCUT2D eigenvalue weighted by Gasteiger charge is 2.19. The Morgan fingerprint density at radius 3 is 2.56 bits per heavy atom. The molecule has 0 aromatic heterocycles. The molecule has 86 valence electrons. The van der Waals surface area contributed by atoms with Crippen LogP contribution in [0.1, 0.15) is 31.7 Å². The zero-order chi connectivity index (χ0) is 11.4. The molecular weight excluding hydrogens is 200 g/mol. The Morgan fingerprint density at radius 1 is 1.31 bits per heavy atom. The number of benzene rings is 1. The fourth-order valence-corrected chi connectivity index (χ4v) is 1.50. The van der Waals surface area contributed by atoms with Crippen LogP contribution in [0.3, 0.4) is 0 Å². The minimum Gasteiger partial charge on any atom is -0.326 e. The number of anilines is 1. The third-order valence-electron chi connectivity index (χ3n) is 2.73. The van der Waals surface area contributed by atoms with Gasteiger partial charge in [0.1, 0.15) is 0 Å². The molecule has 0 spiro atoms. The van der Waals surface area contributed by atoms with Gasteiger partial charge in [0.15, 0.2) is 0 Å². The topological polar surface area (TPSA) is 41.1 Å². The molecule has 0 unspecified atom stereocenters. The van der Waals surface area contributed by atoms with Gasteiger partial charge in [0.25, 0.3) is 0 Å². The molecular formula is C13H18N2O. The summed E-state index contributed by atoms with van der Waals surface area (Å²) in [5.41, 5.74) is 2.14. The third-order valence-corrected chi connectivity index (χ3v) is 2.73. The minimum absolute atomic E-state index is 0.0591. The van der Waals surface area contributed by atoms with Crippen molar-refractivity contribution in [2.24, 2.45) is 0 Å². The van der Waals surface area contributed by atoms with Gasteiger partial charge in [-0.05, 0) is 30.5 Å². The highest BCUT2D eigenvalue weighted by Crippen LogP contribution is 2.19. The first-order chi connectivity index (χ1) is 7.78. The number of carbonyl (C=O) groups excluding carboxylic acids is 1. The Morgan fingerprint density at radius 2 is 2.00 bits per heavy atom. The zero-order valence-corrected chi connectivity index (χ0v) is 9.62. The number of amides is 1. The lowest BCUT2D eigenvalue weighted by Gasteiger charge is -2.06. The van der Waals surface area contributed by atoms with Gasteiger partial charge in [-0.1, -0.05) is 19.1 Å². The Kier molecular flexibility index (Phi) is 3.57. The Balaban J connectivity index is 1.85. The molecule has 0 aliphatic heterocycles.